The number of carbonyl (C=O) groups excluding carboxylic acids is 1. The molecule has 0 saturated carbocycles. The minimum absolute atomic E-state index is 0.0140. The normalized spacial score (nSPS) is 19.3. The summed E-state index contributed by atoms with van der Waals surface area (Å²) in [6.07, 6.45) is 1.58. The van der Waals surface area contributed by atoms with E-state index in [1.807, 2.05) is 26.8 Å². The minimum atomic E-state index is -0.276. The second kappa shape index (κ2) is 5.70. The van der Waals surface area contributed by atoms with Crippen molar-refractivity contribution >= 4 is 5.91 Å². The number of rotatable bonds is 4. The first-order valence-electron chi connectivity index (χ1n) is 6.82. The van der Waals surface area contributed by atoms with Gasteiger partial charge in [0.15, 0.2) is 0 Å². The zero-order chi connectivity index (χ0) is 14.0. The van der Waals surface area contributed by atoms with Gasteiger partial charge in [0.25, 0.3) is 0 Å². The molecule has 0 aromatic heterocycles. The third-order valence-corrected chi connectivity index (χ3v) is 3.49. The van der Waals surface area contributed by atoms with Crippen LogP contribution in [0.3, 0.4) is 0 Å². The van der Waals surface area contributed by atoms with Gasteiger partial charge in [-0.25, -0.2) is 4.39 Å². The Morgan fingerprint density at radius 1 is 1.37 bits per heavy atom. The van der Waals surface area contributed by atoms with Crippen LogP contribution in [0.2, 0.25) is 0 Å². The average Bonchev–Trinajstić information content (AvgIpc) is 2.73. The van der Waals surface area contributed by atoms with Crippen molar-refractivity contribution in [3.05, 3.63) is 35.1 Å². The van der Waals surface area contributed by atoms with Gasteiger partial charge in [0.1, 0.15) is 5.82 Å². The SMILES string of the molecule is CC(C)NC(=O)C(C)NC1CCc2c(F)cccc21. The van der Waals surface area contributed by atoms with Crippen LogP contribution in [-0.2, 0) is 11.2 Å². The van der Waals surface area contributed by atoms with Crippen LogP contribution in [0.1, 0.15) is 44.4 Å². The molecule has 1 aromatic carbocycles. The lowest BCUT2D eigenvalue weighted by Crippen LogP contribution is -2.45. The summed E-state index contributed by atoms with van der Waals surface area (Å²) in [6.45, 7) is 5.71. The highest BCUT2D eigenvalue weighted by Crippen LogP contribution is 2.32. The number of hydrogen-bond acceptors (Lipinski definition) is 2. The number of benzene rings is 1. The second-order valence-corrected chi connectivity index (χ2v) is 5.45. The number of nitrogens with one attached hydrogen (secondary N) is 2. The topological polar surface area (TPSA) is 41.1 Å². The van der Waals surface area contributed by atoms with Crippen LogP contribution in [0, 0.1) is 5.82 Å². The van der Waals surface area contributed by atoms with Crippen molar-refractivity contribution in [1.29, 1.82) is 0 Å². The summed E-state index contributed by atoms with van der Waals surface area (Å²) in [6, 6.07) is 5.09. The van der Waals surface area contributed by atoms with Gasteiger partial charge in [-0.15, -0.1) is 0 Å². The van der Waals surface area contributed by atoms with Crippen molar-refractivity contribution in [3.63, 3.8) is 0 Å². The maximum atomic E-state index is 13.6. The predicted octanol–water partition coefficient (Wildman–Crippen LogP) is 2.32. The zero-order valence-electron chi connectivity index (χ0n) is 11.7. The molecule has 104 valence electrons. The van der Waals surface area contributed by atoms with Gasteiger partial charge >= 0.3 is 0 Å². The Morgan fingerprint density at radius 3 is 2.79 bits per heavy atom. The first kappa shape index (κ1) is 14.0. The highest BCUT2D eigenvalue weighted by Gasteiger charge is 2.27. The van der Waals surface area contributed by atoms with Crippen LogP contribution < -0.4 is 10.6 Å². The van der Waals surface area contributed by atoms with Crippen LogP contribution in [0.5, 0.6) is 0 Å². The van der Waals surface area contributed by atoms with Gasteiger partial charge in [0.05, 0.1) is 6.04 Å². The number of amides is 1. The van der Waals surface area contributed by atoms with Crippen molar-refractivity contribution < 1.29 is 9.18 Å². The van der Waals surface area contributed by atoms with E-state index in [4.69, 9.17) is 0 Å². The van der Waals surface area contributed by atoms with E-state index in [2.05, 4.69) is 10.6 Å². The molecule has 2 unspecified atom stereocenters. The largest absolute Gasteiger partial charge is 0.353 e. The molecule has 0 saturated heterocycles. The molecule has 1 aliphatic rings. The minimum Gasteiger partial charge on any atom is -0.353 e. The quantitative estimate of drug-likeness (QED) is 0.876. The first-order valence-corrected chi connectivity index (χ1v) is 6.82. The summed E-state index contributed by atoms with van der Waals surface area (Å²) in [5, 5.41) is 6.16. The molecule has 3 nitrogen and oxygen atoms in total. The van der Waals surface area contributed by atoms with Crippen LogP contribution >= 0.6 is 0 Å². The number of fused-ring (bicyclic) bond motifs is 1. The van der Waals surface area contributed by atoms with E-state index in [1.165, 1.54) is 6.07 Å². The summed E-state index contributed by atoms with van der Waals surface area (Å²) in [5.74, 6) is -0.152. The summed E-state index contributed by atoms with van der Waals surface area (Å²) in [7, 11) is 0. The van der Waals surface area contributed by atoms with Crippen molar-refractivity contribution in [2.24, 2.45) is 0 Å². The third-order valence-electron chi connectivity index (χ3n) is 3.49. The summed E-state index contributed by atoms with van der Waals surface area (Å²) < 4.78 is 13.6. The van der Waals surface area contributed by atoms with E-state index in [1.54, 1.807) is 6.07 Å². The average molecular weight is 264 g/mol. The molecule has 1 aromatic rings. The molecule has 0 spiro atoms. The molecule has 19 heavy (non-hydrogen) atoms. The van der Waals surface area contributed by atoms with Crippen LogP contribution in [0.15, 0.2) is 18.2 Å². The monoisotopic (exact) mass is 264 g/mol. The molecule has 0 fully saturated rings. The van der Waals surface area contributed by atoms with Gasteiger partial charge in [-0.2, -0.15) is 0 Å². The van der Waals surface area contributed by atoms with E-state index < -0.39 is 0 Å². The molecule has 1 amide bonds. The Balaban J connectivity index is 2.03. The van der Waals surface area contributed by atoms with E-state index in [9.17, 15) is 9.18 Å². The number of halogens is 1. The maximum Gasteiger partial charge on any atom is 0.237 e. The number of carbonyl (C=O) groups is 1. The summed E-state index contributed by atoms with van der Waals surface area (Å²) in [5.41, 5.74) is 1.78. The van der Waals surface area contributed by atoms with E-state index in [0.717, 1.165) is 24.0 Å². The summed E-state index contributed by atoms with van der Waals surface area (Å²) >= 11 is 0. The number of hydrogen-bond donors (Lipinski definition) is 2. The highest BCUT2D eigenvalue weighted by atomic mass is 19.1. The fourth-order valence-corrected chi connectivity index (χ4v) is 2.57. The van der Waals surface area contributed by atoms with Gasteiger partial charge in [0.2, 0.25) is 5.91 Å². The zero-order valence-corrected chi connectivity index (χ0v) is 11.7. The molecular weight excluding hydrogens is 243 g/mol. The molecule has 0 heterocycles. The molecule has 0 aliphatic heterocycles. The molecule has 2 N–H and O–H groups in total. The summed E-state index contributed by atoms with van der Waals surface area (Å²) in [4.78, 5) is 11.9. The molecule has 1 aliphatic carbocycles. The first-order chi connectivity index (χ1) is 8.99. The standard InChI is InChI=1S/C15H21FN2O/c1-9(2)17-15(19)10(3)18-14-8-7-11-12(14)5-4-6-13(11)16/h4-6,9-10,14,18H,7-8H2,1-3H3,(H,17,19). The van der Waals surface area contributed by atoms with E-state index >= 15 is 0 Å². The molecule has 4 heteroatoms. The van der Waals surface area contributed by atoms with E-state index in [0.29, 0.717) is 0 Å². The van der Waals surface area contributed by atoms with Gasteiger partial charge in [0, 0.05) is 12.1 Å². The van der Waals surface area contributed by atoms with Gasteiger partial charge in [-0.05, 0) is 50.8 Å². The molecule has 2 atom stereocenters. The predicted molar refractivity (Wildman–Crippen MR) is 73.3 cm³/mol. The smallest absolute Gasteiger partial charge is 0.237 e. The Bertz CT molecular complexity index is 473. The van der Waals surface area contributed by atoms with Crippen molar-refractivity contribution in [1.82, 2.24) is 10.6 Å². The fourth-order valence-electron chi connectivity index (χ4n) is 2.57. The lowest BCUT2D eigenvalue weighted by atomic mass is 10.1. The highest BCUT2D eigenvalue weighted by molar-refractivity contribution is 5.81. The van der Waals surface area contributed by atoms with Crippen LogP contribution in [-0.4, -0.2) is 18.0 Å². The van der Waals surface area contributed by atoms with Gasteiger partial charge in [-0.1, -0.05) is 12.1 Å². The molecule has 0 bridgehead atoms. The van der Waals surface area contributed by atoms with Gasteiger partial charge < -0.3 is 5.32 Å². The maximum absolute atomic E-state index is 13.6. The third kappa shape index (κ3) is 3.13. The van der Waals surface area contributed by atoms with Gasteiger partial charge in [-0.3, -0.25) is 10.1 Å². The van der Waals surface area contributed by atoms with Crippen molar-refractivity contribution in [2.75, 3.05) is 0 Å². The molecular formula is C15H21FN2O. The van der Waals surface area contributed by atoms with Crippen LogP contribution in [0.25, 0.3) is 0 Å². The van der Waals surface area contributed by atoms with Crippen LogP contribution in [0.4, 0.5) is 4.39 Å². The second-order valence-electron chi connectivity index (χ2n) is 5.45. The lowest BCUT2D eigenvalue weighted by molar-refractivity contribution is -0.123. The fraction of sp³-hybridized carbons (Fsp3) is 0.533. The lowest BCUT2D eigenvalue weighted by Gasteiger charge is -2.21. The Labute approximate surface area is 113 Å². The van der Waals surface area contributed by atoms with E-state index in [-0.39, 0.29) is 29.8 Å². The Hall–Kier alpha value is -1.42. The van der Waals surface area contributed by atoms with Crippen molar-refractivity contribution in [2.45, 2.75) is 51.7 Å². The molecule has 2 rings (SSSR count). The molecule has 0 radical (unpaired) electrons. The van der Waals surface area contributed by atoms with Crippen molar-refractivity contribution in [3.8, 4) is 0 Å². The Morgan fingerprint density at radius 2 is 2.11 bits per heavy atom. The Kier molecular flexibility index (Phi) is 4.20.